The number of hydrogen-bond donors (Lipinski definition) is 1. The highest BCUT2D eigenvalue weighted by Gasteiger charge is 2.48. The molecule has 1 aromatic carbocycles. The van der Waals surface area contributed by atoms with Crippen molar-refractivity contribution in [2.45, 2.75) is 26.1 Å². The molecule has 2 aliphatic rings. The van der Waals surface area contributed by atoms with Gasteiger partial charge in [0.05, 0.1) is 31.6 Å². The molecule has 1 fully saturated rings. The fourth-order valence-corrected chi connectivity index (χ4v) is 4.45. The Bertz CT molecular complexity index is 896. The van der Waals surface area contributed by atoms with Gasteiger partial charge in [-0.15, -0.1) is 0 Å². The van der Waals surface area contributed by atoms with E-state index in [-0.39, 0.29) is 36.1 Å². The predicted molar refractivity (Wildman–Crippen MR) is 113 cm³/mol. The van der Waals surface area contributed by atoms with Crippen LogP contribution in [-0.2, 0) is 23.8 Å². The van der Waals surface area contributed by atoms with E-state index in [4.69, 9.17) is 23.7 Å². The number of Topliss-reactive ketones (excluding diaryl/α,β-unsaturated/α-hetero) is 1. The van der Waals surface area contributed by atoms with E-state index >= 15 is 0 Å². The summed E-state index contributed by atoms with van der Waals surface area (Å²) in [6.07, 6.45) is 2.51. The molecule has 9 nitrogen and oxygen atoms in total. The Balaban J connectivity index is 1.59. The van der Waals surface area contributed by atoms with Crippen molar-refractivity contribution in [3.05, 3.63) is 35.6 Å². The molecule has 0 radical (unpaired) electrons. The zero-order valence-corrected chi connectivity index (χ0v) is 18.7. The van der Waals surface area contributed by atoms with Crippen molar-refractivity contribution in [1.29, 1.82) is 0 Å². The van der Waals surface area contributed by atoms with Crippen LogP contribution in [0.4, 0.5) is 0 Å². The Morgan fingerprint density at radius 3 is 2.59 bits per heavy atom. The van der Waals surface area contributed by atoms with Gasteiger partial charge in [-0.2, -0.15) is 0 Å². The Hall–Kier alpha value is -3.07. The highest BCUT2D eigenvalue weighted by atomic mass is 16.7. The molecule has 1 heterocycles. The first-order chi connectivity index (χ1) is 15.4. The number of carbonyl (C=O) groups is 3. The Morgan fingerprint density at radius 2 is 1.94 bits per heavy atom. The predicted octanol–water partition coefficient (Wildman–Crippen LogP) is 2.09. The van der Waals surface area contributed by atoms with Gasteiger partial charge in [0.25, 0.3) is 5.91 Å². The third-order valence-electron chi connectivity index (χ3n) is 6.04. The summed E-state index contributed by atoms with van der Waals surface area (Å²) < 4.78 is 26.7. The Morgan fingerprint density at radius 1 is 1.16 bits per heavy atom. The van der Waals surface area contributed by atoms with Gasteiger partial charge in [0, 0.05) is 31.6 Å². The van der Waals surface area contributed by atoms with Crippen LogP contribution in [0.2, 0.25) is 0 Å². The number of nitrogens with one attached hydrogen (secondary N) is 1. The van der Waals surface area contributed by atoms with Crippen molar-refractivity contribution in [2.75, 3.05) is 34.5 Å². The average molecular weight is 447 g/mol. The molecule has 1 aliphatic heterocycles. The fourth-order valence-electron chi connectivity index (χ4n) is 4.45. The van der Waals surface area contributed by atoms with Gasteiger partial charge in [-0.25, -0.2) is 4.79 Å². The topological polar surface area (TPSA) is 109 Å². The minimum absolute atomic E-state index is 0.0470. The molecule has 4 unspecified atom stereocenters. The molecule has 9 heteroatoms. The maximum absolute atomic E-state index is 12.4. The van der Waals surface area contributed by atoms with Gasteiger partial charge in [0.15, 0.2) is 12.4 Å². The first-order valence-electron chi connectivity index (χ1n) is 10.4. The molecule has 32 heavy (non-hydrogen) atoms. The second-order valence-corrected chi connectivity index (χ2v) is 7.84. The van der Waals surface area contributed by atoms with E-state index in [0.29, 0.717) is 29.2 Å². The monoisotopic (exact) mass is 447 g/mol. The van der Waals surface area contributed by atoms with Crippen LogP contribution in [-0.4, -0.2) is 58.4 Å². The number of fused-ring (bicyclic) bond motifs is 1. The second-order valence-electron chi connectivity index (χ2n) is 7.84. The maximum atomic E-state index is 12.4. The number of esters is 1. The first kappa shape index (κ1) is 23.6. The number of rotatable bonds is 9. The van der Waals surface area contributed by atoms with Gasteiger partial charge in [0.2, 0.25) is 6.29 Å². The number of benzene rings is 1. The summed E-state index contributed by atoms with van der Waals surface area (Å²) >= 11 is 0. The minimum atomic E-state index is -0.496. The zero-order chi connectivity index (χ0) is 23.3. The summed E-state index contributed by atoms with van der Waals surface area (Å²) in [6.45, 7) is 1.57. The lowest BCUT2D eigenvalue weighted by Gasteiger charge is -2.35. The quantitative estimate of drug-likeness (QED) is 0.453. The number of carbonyl (C=O) groups excluding carboxylic acids is 3. The van der Waals surface area contributed by atoms with Gasteiger partial charge >= 0.3 is 5.97 Å². The molecule has 1 aromatic rings. The van der Waals surface area contributed by atoms with Crippen LogP contribution in [0.3, 0.4) is 0 Å². The summed E-state index contributed by atoms with van der Waals surface area (Å²) in [4.78, 5) is 36.3. The molecule has 4 atom stereocenters. The highest BCUT2D eigenvalue weighted by molar-refractivity contribution is 5.97. The van der Waals surface area contributed by atoms with Crippen molar-refractivity contribution in [3.63, 3.8) is 0 Å². The van der Waals surface area contributed by atoms with Gasteiger partial charge in [0.1, 0.15) is 11.5 Å². The van der Waals surface area contributed by atoms with E-state index in [9.17, 15) is 14.4 Å². The number of hydrogen-bond acceptors (Lipinski definition) is 8. The summed E-state index contributed by atoms with van der Waals surface area (Å²) in [5, 5.41) is 2.88. The third kappa shape index (κ3) is 5.04. The van der Waals surface area contributed by atoms with Crippen molar-refractivity contribution < 1.29 is 38.1 Å². The van der Waals surface area contributed by atoms with Gasteiger partial charge in [-0.05, 0) is 37.8 Å². The number of amides is 1. The third-order valence-corrected chi connectivity index (χ3v) is 6.04. The molecule has 3 rings (SSSR count). The van der Waals surface area contributed by atoms with Crippen molar-refractivity contribution in [1.82, 2.24) is 5.32 Å². The zero-order valence-electron chi connectivity index (χ0n) is 18.7. The molecular weight excluding hydrogens is 418 g/mol. The molecule has 0 saturated heterocycles. The summed E-state index contributed by atoms with van der Waals surface area (Å²) in [7, 11) is 4.41. The van der Waals surface area contributed by atoms with E-state index in [0.717, 1.165) is 12.8 Å². The largest absolute Gasteiger partial charge is 0.497 e. The van der Waals surface area contributed by atoms with Crippen LogP contribution in [0, 0.1) is 17.8 Å². The summed E-state index contributed by atoms with van der Waals surface area (Å²) in [6, 6.07) is 4.85. The van der Waals surface area contributed by atoms with Crippen LogP contribution >= 0.6 is 0 Å². The SMILES string of the molecule is COC(=O)C1=COC(OC)C2C(CNC(=O)COc3cc(OC)ccc3C(C)=O)CCC12. The number of ketones is 1. The lowest BCUT2D eigenvalue weighted by Crippen LogP contribution is -2.42. The molecule has 0 bridgehead atoms. The van der Waals surface area contributed by atoms with E-state index in [1.54, 1.807) is 25.3 Å². The lowest BCUT2D eigenvalue weighted by atomic mass is 9.83. The van der Waals surface area contributed by atoms with Crippen molar-refractivity contribution >= 4 is 17.7 Å². The van der Waals surface area contributed by atoms with Crippen LogP contribution in [0.5, 0.6) is 11.5 Å². The van der Waals surface area contributed by atoms with E-state index in [1.165, 1.54) is 27.4 Å². The molecule has 1 amide bonds. The summed E-state index contributed by atoms with van der Waals surface area (Å²) in [5.74, 6) is -0.144. The molecule has 174 valence electrons. The number of methoxy groups -OCH3 is 3. The van der Waals surface area contributed by atoms with Crippen LogP contribution < -0.4 is 14.8 Å². The maximum Gasteiger partial charge on any atom is 0.337 e. The van der Waals surface area contributed by atoms with Crippen molar-refractivity contribution in [2.24, 2.45) is 17.8 Å². The van der Waals surface area contributed by atoms with Gasteiger partial charge in [-0.1, -0.05) is 0 Å². The fraction of sp³-hybridized carbons (Fsp3) is 0.522. The summed E-state index contributed by atoms with van der Waals surface area (Å²) in [5.41, 5.74) is 0.874. The van der Waals surface area contributed by atoms with Gasteiger partial charge in [-0.3, -0.25) is 9.59 Å². The second kappa shape index (κ2) is 10.5. The van der Waals surface area contributed by atoms with Gasteiger partial charge < -0.3 is 29.0 Å². The molecule has 0 aromatic heterocycles. The van der Waals surface area contributed by atoms with Crippen molar-refractivity contribution in [3.8, 4) is 11.5 Å². The smallest absolute Gasteiger partial charge is 0.337 e. The van der Waals surface area contributed by atoms with E-state index in [2.05, 4.69) is 5.32 Å². The average Bonchev–Trinajstić information content (AvgIpc) is 3.24. The van der Waals surface area contributed by atoms with Crippen LogP contribution in [0.15, 0.2) is 30.0 Å². The molecule has 1 aliphatic carbocycles. The number of ether oxygens (including phenoxy) is 5. The Labute approximate surface area is 187 Å². The highest BCUT2D eigenvalue weighted by Crippen LogP contribution is 2.46. The normalized spacial score (nSPS) is 23.9. The standard InChI is InChI=1S/C23H29NO8/c1-13(25)16-8-6-15(28-2)9-19(16)31-12-20(26)24-10-14-5-7-17-18(22(27)29-3)11-32-23(30-4)21(14)17/h6,8-9,11,14,17,21,23H,5,7,10,12H2,1-4H3,(H,24,26). The molecule has 0 spiro atoms. The Kier molecular flexibility index (Phi) is 7.74. The van der Waals surface area contributed by atoms with E-state index in [1.807, 2.05) is 0 Å². The van der Waals surface area contributed by atoms with Crippen LogP contribution in [0.25, 0.3) is 0 Å². The molecule has 1 saturated carbocycles. The minimum Gasteiger partial charge on any atom is -0.497 e. The first-order valence-corrected chi connectivity index (χ1v) is 10.4. The molecular formula is C23H29NO8. The van der Waals surface area contributed by atoms with E-state index < -0.39 is 12.3 Å². The van der Waals surface area contributed by atoms with Crippen LogP contribution in [0.1, 0.15) is 30.1 Å². The molecule has 1 N–H and O–H groups in total. The lowest BCUT2D eigenvalue weighted by molar-refractivity contribution is -0.155.